The van der Waals surface area contributed by atoms with Gasteiger partial charge in [-0.25, -0.2) is 4.79 Å². The van der Waals surface area contributed by atoms with Crippen molar-refractivity contribution in [3.05, 3.63) is 93.5 Å². The van der Waals surface area contributed by atoms with Gasteiger partial charge < -0.3 is 45.2 Å². The summed E-state index contributed by atoms with van der Waals surface area (Å²) in [6, 6.07) is 7.79. The predicted molar refractivity (Wildman–Crippen MR) is 228 cm³/mol. The second kappa shape index (κ2) is 20.5. The maximum absolute atomic E-state index is 10.7. The van der Waals surface area contributed by atoms with E-state index in [1.54, 1.807) is 0 Å². The first-order valence-electron chi connectivity index (χ1n) is 21.1. The molecule has 2 aliphatic heterocycles. The molecule has 6 rings (SSSR count). The number of carbonyl (C=O) groups is 1. The van der Waals surface area contributed by atoms with E-state index in [2.05, 4.69) is 71.1 Å². The number of hydrogen-bond donors (Lipinski definition) is 7. The Bertz CT molecular complexity index is 1830. The van der Waals surface area contributed by atoms with Crippen molar-refractivity contribution in [2.45, 2.75) is 155 Å². The molecule has 0 saturated heterocycles. The molecule has 2 aliphatic carbocycles. The van der Waals surface area contributed by atoms with E-state index in [1.165, 1.54) is 48.8 Å². The van der Waals surface area contributed by atoms with Gasteiger partial charge in [0.25, 0.3) is 0 Å². The van der Waals surface area contributed by atoms with Crippen molar-refractivity contribution < 1.29 is 50.0 Å². The topological polar surface area (TPSA) is 177 Å². The lowest BCUT2D eigenvalue weighted by atomic mass is 9.68. The number of carbonyl (C=O) groups excluding carboxylic acids is 1. The number of esters is 1. The number of rotatable bonds is 12. The summed E-state index contributed by atoms with van der Waals surface area (Å²) < 4.78 is 10.7. The van der Waals surface area contributed by atoms with Crippen LogP contribution in [0.4, 0.5) is 0 Å². The van der Waals surface area contributed by atoms with Crippen molar-refractivity contribution in [3.63, 3.8) is 0 Å². The van der Waals surface area contributed by atoms with Crippen molar-refractivity contribution in [3.8, 4) is 23.0 Å². The lowest BCUT2D eigenvalue weighted by molar-refractivity contribution is -0.147. The van der Waals surface area contributed by atoms with Gasteiger partial charge >= 0.3 is 5.97 Å². The lowest BCUT2D eigenvalue weighted by Crippen LogP contribution is -2.45. The van der Waals surface area contributed by atoms with Crippen LogP contribution in [-0.2, 0) is 22.4 Å². The number of ether oxygens (including phenoxy) is 2. The van der Waals surface area contributed by atoms with E-state index in [0.717, 1.165) is 67.4 Å². The Kier molecular flexibility index (Phi) is 16.4. The van der Waals surface area contributed by atoms with Gasteiger partial charge in [0.15, 0.2) is 11.9 Å². The highest BCUT2D eigenvalue weighted by atomic mass is 16.6. The fraction of sp³-hybridized carbons (Fsp3) is 0.562. The Balaban J connectivity index is 0.000000203. The Morgan fingerprint density at radius 3 is 1.83 bits per heavy atom. The van der Waals surface area contributed by atoms with Crippen LogP contribution in [0, 0.1) is 11.8 Å². The number of aryl methyl sites for hydroxylation is 2. The highest BCUT2D eigenvalue weighted by molar-refractivity contribution is 5.89. The average Bonchev–Trinajstić information content (AvgIpc) is 3.41. The molecule has 2 heterocycles. The molecule has 0 radical (unpaired) electrons. The number of aliphatic hydroxyl groups is 4. The number of aromatic hydroxyl groups is 3. The predicted octanol–water partition coefficient (Wildman–Crippen LogP) is 10.2. The van der Waals surface area contributed by atoms with Gasteiger partial charge in [0.2, 0.25) is 5.76 Å². The van der Waals surface area contributed by atoms with Gasteiger partial charge in [-0.3, -0.25) is 0 Å². The molecule has 0 amide bonds. The van der Waals surface area contributed by atoms with Crippen molar-refractivity contribution in [2.24, 2.45) is 11.8 Å². The van der Waals surface area contributed by atoms with E-state index >= 15 is 0 Å². The summed E-state index contributed by atoms with van der Waals surface area (Å²) in [5.74, 6) is 0.00529. The smallest absolute Gasteiger partial charge is 0.377 e. The minimum Gasteiger partial charge on any atom is -0.507 e. The van der Waals surface area contributed by atoms with Gasteiger partial charge in [-0.05, 0) is 127 Å². The maximum Gasteiger partial charge on any atom is 0.377 e. The molecule has 2 aromatic carbocycles. The molecular formula is C48H68O10. The third kappa shape index (κ3) is 11.2. The number of fused-ring (bicyclic) bond motifs is 3. The fourth-order valence-corrected chi connectivity index (χ4v) is 8.78. The molecule has 58 heavy (non-hydrogen) atoms. The number of phenols is 3. The first-order chi connectivity index (χ1) is 27.4. The number of hydrogen-bond acceptors (Lipinski definition) is 10. The number of phenolic OH excluding ortho intramolecular Hbond substituents is 3. The second-order valence-corrected chi connectivity index (χ2v) is 17.2. The van der Waals surface area contributed by atoms with Crippen LogP contribution < -0.4 is 4.74 Å². The minimum atomic E-state index is -1.42. The zero-order chi connectivity index (χ0) is 42.9. The third-order valence-corrected chi connectivity index (χ3v) is 12.1. The number of unbranched alkanes of at least 4 members (excludes halogenated alkanes) is 4. The molecule has 0 fully saturated rings. The first kappa shape index (κ1) is 46.3. The monoisotopic (exact) mass is 804 g/mol. The van der Waals surface area contributed by atoms with E-state index in [4.69, 9.17) is 25.2 Å². The molecule has 0 spiro atoms. The summed E-state index contributed by atoms with van der Waals surface area (Å²) in [5, 5.41) is 66.8. The Morgan fingerprint density at radius 1 is 0.810 bits per heavy atom. The molecule has 10 heteroatoms. The van der Waals surface area contributed by atoms with Crippen LogP contribution in [0.15, 0.2) is 71.2 Å². The quantitative estimate of drug-likeness (QED) is 0.0621. The van der Waals surface area contributed by atoms with Gasteiger partial charge in [0, 0.05) is 28.9 Å². The summed E-state index contributed by atoms with van der Waals surface area (Å²) >= 11 is 0. The summed E-state index contributed by atoms with van der Waals surface area (Å²) in [7, 11) is 0. The van der Waals surface area contributed by atoms with Gasteiger partial charge in [0.05, 0.1) is 6.61 Å². The third-order valence-electron chi connectivity index (χ3n) is 12.1. The van der Waals surface area contributed by atoms with E-state index < -0.39 is 36.3 Å². The molecule has 320 valence electrons. The van der Waals surface area contributed by atoms with Crippen molar-refractivity contribution in [1.82, 2.24) is 0 Å². The fourth-order valence-electron chi connectivity index (χ4n) is 8.78. The van der Waals surface area contributed by atoms with Gasteiger partial charge in [0.1, 0.15) is 34.7 Å². The highest BCUT2D eigenvalue weighted by Crippen LogP contribution is 2.53. The van der Waals surface area contributed by atoms with Gasteiger partial charge in [-0.2, -0.15) is 0 Å². The van der Waals surface area contributed by atoms with Gasteiger partial charge in [-0.15, -0.1) is 0 Å². The van der Waals surface area contributed by atoms with E-state index in [1.807, 2.05) is 25.1 Å². The summed E-state index contributed by atoms with van der Waals surface area (Å²) in [5.41, 5.74) is 7.57. The molecule has 0 bridgehead atoms. The Hall–Kier alpha value is -4.41. The lowest BCUT2D eigenvalue weighted by Gasteiger charge is -2.46. The highest BCUT2D eigenvalue weighted by Gasteiger charge is 2.45. The van der Waals surface area contributed by atoms with Gasteiger partial charge in [-0.1, -0.05) is 75.0 Å². The molecule has 2 aromatic rings. The standard InChI is InChI=1S/2C21H30O2.C6H8O6/c1-5-6-7-8-15-12-18(22)20-16-11-14(2)9-10-17(16)21(3,4)23-19(20)13-15;1-5-6-7-8-16-12-19(22)21(20(23)13-16)18-11-15(4)9-10-17(18)14(2)3;7-1-2(8)5-3(9)4(10)6(11)12-5/h11-13,16-17,22H,5-10H2,1-4H3;11-13,17-18,22-23H,2,5-10H2,1,3-4H3;2,5,7-10H,1H2/t16-,17-;17-,18+;2-,5+/m100/s1. The van der Waals surface area contributed by atoms with Crippen LogP contribution in [0.1, 0.15) is 147 Å². The van der Waals surface area contributed by atoms with Crippen LogP contribution in [0.2, 0.25) is 0 Å². The zero-order valence-electron chi connectivity index (χ0n) is 35.7. The SMILES string of the molecule is C=C(C)[C@@H]1CCC(C)=C[C@H]1c1c(O)cc(CCCCC)cc1O.CCCCCc1cc(O)c2c(c1)OC(C)(C)[C@@H]1CCC(C)=C[C@@H]21.O=C1O[C@H]([C@@H](O)CO)C(O)=C1O. The van der Waals surface area contributed by atoms with Crippen LogP contribution in [0.5, 0.6) is 23.0 Å². The van der Waals surface area contributed by atoms with Crippen molar-refractivity contribution >= 4 is 5.97 Å². The van der Waals surface area contributed by atoms with Crippen molar-refractivity contribution in [2.75, 3.05) is 6.61 Å². The van der Waals surface area contributed by atoms with Crippen LogP contribution >= 0.6 is 0 Å². The molecule has 0 unspecified atom stereocenters. The largest absolute Gasteiger partial charge is 0.507 e. The van der Waals surface area contributed by atoms with Crippen LogP contribution in [-0.4, -0.2) is 66.1 Å². The van der Waals surface area contributed by atoms with E-state index in [0.29, 0.717) is 17.2 Å². The average molecular weight is 805 g/mol. The molecule has 0 aromatic heterocycles. The molecule has 7 N–H and O–H groups in total. The van der Waals surface area contributed by atoms with E-state index in [9.17, 15) is 20.1 Å². The number of benzene rings is 2. The first-order valence-corrected chi connectivity index (χ1v) is 21.1. The van der Waals surface area contributed by atoms with Crippen LogP contribution in [0.25, 0.3) is 0 Å². The summed E-state index contributed by atoms with van der Waals surface area (Å²) in [4.78, 5) is 10.5. The number of allylic oxidation sites excluding steroid dienone is 5. The zero-order valence-corrected chi connectivity index (χ0v) is 35.7. The van der Waals surface area contributed by atoms with E-state index in [-0.39, 0.29) is 34.9 Å². The molecule has 6 atom stereocenters. The Labute approximate surface area is 345 Å². The Morgan fingerprint density at radius 2 is 1.33 bits per heavy atom. The number of aliphatic hydroxyl groups excluding tert-OH is 4. The minimum absolute atomic E-state index is 0.0194. The van der Waals surface area contributed by atoms with Crippen LogP contribution in [0.3, 0.4) is 0 Å². The maximum atomic E-state index is 10.7. The summed E-state index contributed by atoms with van der Waals surface area (Å²) in [6.07, 6.45) is 15.1. The normalized spacial score (nSPS) is 23.7. The molecular weight excluding hydrogens is 737 g/mol. The number of cyclic esters (lactones) is 1. The summed E-state index contributed by atoms with van der Waals surface area (Å²) in [6.45, 7) is 18.6. The molecule has 4 aliphatic rings. The second-order valence-electron chi connectivity index (χ2n) is 17.2. The molecule has 0 saturated carbocycles. The van der Waals surface area contributed by atoms with Crippen molar-refractivity contribution in [1.29, 1.82) is 0 Å². The molecule has 10 nitrogen and oxygen atoms in total.